The van der Waals surface area contributed by atoms with E-state index >= 15 is 0 Å². The molecule has 0 radical (unpaired) electrons. The van der Waals surface area contributed by atoms with Gasteiger partial charge in [-0.25, -0.2) is 4.98 Å². The van der Waals surface area contributed by atoms with Crippen LogP contribution < -0.4 is 15.4 Å². The molecule has 0 bridgehead atoms. The molecule has 7 nitrogen and oxygen atoms in total. The second-order valence-corrected chi connectivity index (χ2v) is 7.88. The van der Waals surface area contributed by atoms with Gasteiger partial charge in [-0.15, -0.1) is 0 Å². The first-order valence-electron chi connectivity index (χ1n) is 9.63. The van der Waals surface area contributed by atoms with Crippen molar-refractivity contribution in [1.82, 2.24) is 14.9 Å². The molecular weight excluding hydrogens is 400 g/mol. The predicted octanol–water partition coefficient (Wildman–Crippen LogP) is 3.40. The van der Waals surface area contributed by atoms with Gasteiger partial charge in [-0.05, 0) is 30.3 Å². The minimum absolute atomic E-state index is 0.0787. The molecule has 1 aromatic heterocycles. The number of carbonyl (C=O) groups excluding carboxylic acids is 2. The summed E-state index contributed by atoms with van der Waals surface area (Å²) < 4.78 is 7.51. The number of anilines is 1. The van der Waals surface area contributed by atoms with Crippen LogP contribution >= 0.6 is 11.8 Å². The number of nitrogens with one attached hydrogen (secondary N) is 2. The Bertz CT molecular complexity index is 1050. The van der Waals surface area contributed by atoms with E-state index in [1.165, 1.54) is 11.8 Å². The summed E-state index contributed by atoms with van der Waals surface area (Å²) >= 11 is 1.37. The summed E-state index contributed by atoms with van der Waals surface area (Å²) in [5.74, 6) is 0.797. The van der Waals surface area contributed by atoms with Gasteiger partial charge in [0.1, 0.15) is 5.75 Å². The third kappa shape index (κ3) is 4.65. The van der Waals surface area contributed by atoms with Gasteiger partial charge < -0.3 is 19.9 Å². The topological polar surface area (TPSA) is 85.2 Å². The fraction of sp³-hybridized carbons (Fsp3) is 0.227. The highest BCUT2D eigenvalue weighted by molar-refractivity contribution is 7.99. The molecule has 0 aliphatic carbocycles. The van der Waals surface area contributed by atoms with Gasteiger partial charge in [-0.2, -0.15) is 0 Å². The summed E-state index contributed by atoms with van der Waals surface area (Å²) in [5, 5.41) is 6.70. The number of thioether (sulfide) groups is 1. The van der Waals surface area contributed by atoms with Crippen molar-refractivity contribution in [2.75, 3.05) is 17.7 Å². The van der Waals surface area contributed by atoms with Crippen LogP contribution in [0.1, 0.15) is 28.4 Å². The molecule has 3 aromatic rings. The molecule has 0 spiro atoms. The maximum absolute atomic E-state index is 12.7. The highest BCUT2D eigenvalue weighted by Crippen LogP contribution is 2.31. The zero-order valence-corrected chi connectivity index (χ0v) is 17.3. The van der Waals surface area contributed by atoms with Gasteiger partial charge in [0.05, 0.1) is 18.4 Å². The minimum Gasteiger partial charge on any atom is -0.493 e. The third-order valence-electron chi connectivity index (χ3n) is 4.80. The highest BCUT2D eigenvalue weighted by Gasteiger charge is 2.23. The summed E-state index contributed by atoms with van der Waals surface area (Å²) in [6.07, 6.45) is 4.26. The average Bonchev–Trinajstić information content (AvgIpc) is 3.18. The molecule has 0 fully saturated rings. The van der Waals surface area contributed by atoms with E-state index in [0.717, 1.165) is 22.9 Å². The molecule has 154 valence electrons. The van der Waals surface area contributed by atoms with Crippen LogP contribution in [0.2, 0.25) is 0 Å². The Kier molecular flexibility index (Phi) is 6.04. The van der Waals surface area contributed by atoms with Gasteiger partial charge >= 0.3 is 0 Å². The molecule has 0 saturated carbocycles. The molecule has 4 rings (SSSR count). The molecule has 1 aliphatic rings. The first-order chi connectivity index (χ1) is 14.6. The van der Waals surface area contributed by atoms with Crippen LogP contribution in [-0.2, 0) is 11.8 Å². The summed E-state index contributed by atoms with van der Waals surface area (Å²) in [5.41, 5.74) is 2.18. The Labute approximate surface area is 178 Å². The lowest BCUT2D eigenvalue weighted by Crippen LogP contribution is -2.32. The van der Waals surface area contributed by atoms with Crippen molar-refractivity contribution in [3.63, 3.8) is 0 Å². The Morgan fingerprint density at radius 3 is 2.77 bits per heavy atom. The van der Waals surface area contributed by atoms with E-state index in [-0.39, 0.29) is 23.6 Å². The quantitative estimate of drug-likeness (QED) is 0.595. The number of rotatable bonds is 6. The minimum atomic E-state index is -0.153. The smallest absolute Gasteiger partial charge is 0.251 e. The third-order valence-corrected chi connectivity index (χ3v) is 5.86. The number of para-hydroxylation sites is 1. The lowest BCUT2D eigenvalue weighted by molar-refractivity contribution is -0.113. The Morgan fingerprint density at radius 2 is 2.00 bits per heavy atom. The predicted molar refractivity (Wildman–Crippen MR) is 116 cm³/mol. The lowest BCUT2D eigenvalue weighted by Gasteiger charge is -2.26. The van der Waals surface area contributed by atoms with Crippen LogP contribution in [0.3, 0.4) is 0 Å². The first kappa shape index (κ1) is 20.0. The maximum Gasteiger partial charge on any atom is 0.251 e. The van der Waals surface area contributed by atoms with Crippen molar-refractivity contribution >= 4 is 29.3 Å². The van der Waals surface area contributed by atoms with Crippen molar-refractivity contribution in [3.05, 3.63) is 72.1 Å². The van der Waals surface area contributed by atoms with Crippen molar-refractivity contribution in [3.8, 4) is 5.75 Å². The van der Waals surface area contributed by atoms with E-state index in [0.29, 0.717) is 17.9 Å². The number of nitrogens with zero attached hydrogens (tertiary/aromatic N) is 2. The number of ether oxygens (including phenoxy) is 1. The van der Waals surface area contributed by atoms with Crippen LogP contribution in [0.4, 0.5) is 5.69 Å². The largest absolute Gasteiger partial charge is 0.493 e. The van der Waals surface area contributed by atoms with Crippen molar-refractivity contribution < 1.29 is 14.3 Å². The van der Waals surface area contributed by atoms with Crippen LogP contribution in [0.5, 0.6) is 5.75 Å². The second-order valence-electron chi connectivity index (χ2n) is 6.94. The zero-order valence-electron chi connectivity index (χ0n) is 16.5. The molecule has 0 saturated heterocycles. The first-order valence-corrected chi connectivity index (χ1v) is 10.6. The van der Waals surface area contributed by atoms with E-state index < -0.39 is 0 Å². The van der Waals surface area contributed by atoms with E-state index in [1.54, 1.807) is 30.5 Å². The molecule has 2 N–H and O–H groups in total. The number of aromatic nitrogens is 2. The summed E-state index contributed by atoms with van der Waals surface area (Å²) in [7, 11) is 1.88. The molecule has 0 unspecified atom stereocenters. The van der Waals surface area contributed by atoms with Gasteiger partial charge in [0, 0.05) is 42.7 Å². The van der Waals surface area contributed by atoms with E-state index in [1.807, 2.05) is 42.1 Å². The monoisotopic (exact) mass is 422 g/mol. The van der Waals surface area contributed by atoms with Crippen LogP contribution in [-0.4, -0.2) is 33.7 Å². The Hall–Kier alpha value is -3.26. The number of fused-ring (bicyclic) bond motifs is 1. The number of carbonyl (C=O) groups is 2. The van der Waals surface area contributed by atoms with Gasteiger partial charge in [-0.1, -0.05) is 30.0 Å². The van der Waals surface area contributed by atoms with Crippen LogP contribution in [0.15, 0.2) is 66.1 Å². The van der Waals surface area contributed by atoms with Gasteiger partial charge in [0.25, 0.3) is 5.91 Å². The maximum atomic E-state index is 12.7. The zero-order chi connectivity index (χ0) is 20.9. The van der Waals surface area contributed by atoms with Crippen molar-refractivity contribution in [2.24, 2.45) is 7.05 Å². The summed E-state index contributed by atoms with van der Waals surface area (Å²) in [6, 6.07) is 14.6. The van der Waals surface area contributed by atoms with Crippen molar-refractivity contribution in [1.29, 1.82) is 0 Å². The van der Waals surface area contributed by atoms with Crippen LogP contribution in [0.25, 0.3) is 0 Å². The molecule has 30 heavy (non-hydrogen) atoms. The fourth-order valence-corrected chi connectivity index (χ4v) is 3.99. The molecule has 2 heterocycles. The number of amides is 2. The highest BCUT2D eigenvalue weighted by atomic mass is 32.2. The number of aryl methyl sites for hydroxylation is 1. The Morgan fingerprint density at radius 1 is 1.20 bits per heavy atom. The lowest BCUT2D eigenvalue weighted by atomic mass is 10.00. The second kappa shape index (κ2) is 9.04. The SMILES string of the molecule is Cn1ccnc1SCC(=O)Nc1ccc(C(=O)N[C@H]2CCOc3ccccc32)cc1. The average molecular weight is 423 g/mol. The van der Waals surface area contributed by atoms with E-state index in [4.69, 9.17) is 4.74 Å². The van der Waals surface area contributed by atoms with Crippen molar-refractivity contribution in [2.45, 2.75) is 17.6 Å². The van der Waals surface area contributed by atoms with Gasteiger partial charge in [0.15, 0.2) is 5.16 Å². The normalized spacial score (nSPS) is 15.0. The standard InChI is InChI=1S/C22H22N4O3S/c1-26-12-11-23-22(26)30-14-20(27)24-16-8-6-15(7-9-16)21(28)25-18-10-13-29-19-5-3-2-4-17(18)19/h2-9,11-12,18H,10,13-14H2,1H3,(H,24,27)(H,25,28)/t18-/m0/s1. The molecule has 1 atom stereocenters. The molecular formula is C22H22N4O3S. The molecule has 2 amide bonds. The number of hydrogen-bond acceptors (Lipinski definition) is 5. The number of benzene rings is 2. The molecule has 2 aromatic carbocycles. The Balaban J connectivity index is 1.32. The number of hydrogen-bond donors (Lipinski definition) is 2. The van der Waals surface area contributed by atoms with Gasteiger partial charge in [0.2, 0.25) is 5.91 Å². The summed E-state index contributed by atoms with van der Waals surface area (Å²) in [6.45, 7) is 0.573. The van der Waals surface area contributed by atoms with Crippen LogP contribution in [0, 0.1) is 0 Å². The molecule has 1 aliphatic heterocycles. The molecule has 8 heteroatoms. The summed E-state index contributed by atoms with van der Waals surface area (Å²) in [4.78, 5) is 29.0. The van der Waals surface area contributed by atoms with E-state index in [2.05, 4.69) is 15.6 Å². The van der Waals surface area contributed by atoms with E-state index in [9.17, 15) is 9.59 Å². The fourth-order valence-electron chi connectivity index (χ4n) is 3.26. The number of imidazole rings is 1. The van der Waals surface area contributed by atoms with Gasteiger partial charge in [-0.3, -0.25) is 9.59 Å².